The fourth-order valence-corrected chi connectivity index (χ4v) is 4.89. The molecule has 2 aromatic rings. The van der Waals surface area contributed by atoms with Gasteiger partial charge in [0, 0.05) is 12.8 Å². The number of benzene rings is 2. The molecule has 0 aliphatic carbocycles. The number of carbonyl (C=O) groups excluding carboxylic acids is 6. The van der Waals surface area contributed by atoms with Crippen LogP contribution in [0.5, 0.6) is 5.75 Å². The molecule has 0 aliphatic rings. The first kappa shape index (κ1) is 43.9. The summed E-state index contributed by atoms with van der Waals surface area (Å²) in [7, 11) is 0. The fourth-order valence-electron chi connectivity index (χ4n) is 4.89. The number of nitrogens with zero attached hydrogens (tertiary/aromatic N) is 1. The van der Waals surface area contributed by atoms with Crippen LogP contribution in [-0.4, -0.2) is 107 Å². The van der Waals surface area contributed by atoms with E-state index in [4.69, 9.17) is 5.73 Å². The molecule has 2 aromatic carbocycles. The van der Waals surface area contributed by atoms with Crippen LogP contribution in [0, 0.1) is 10.1 Å². The minimum absolute atomic E-state index is 0.0252. The lowest BCUT2D eigenvalue weighted by Gasteiger charge is -2.22. The van der Waals surface area contributed by atoms with Gasteiger partial charge < -0.3 is 47.8 Å². The summed E-state index contributed by atoms with van der Waals surface area (Å²) in [5.41, 5.74) is 8.52. The molecule has 0 aromatic heterocycles. The zero-order chi connectivity index (χ0) is 40.2. The molecule has 11 N–H and O–H groups in total. The molecule has 0 saturated heterocycles. The van der Waals surface area contributed by atoms with Crippen LogP contribution in [0.25, 0.3) is 0 Å². The van der Waals surface area contributed by atoms with Crippen LogP contribution in [-0.2, 0) is 46.4 Å². The first-order valence-electron chi connectivity index (χ1n) is 17.0. The summed E-state index contributed by atoms with van der Waals surface area (Å²) in [5.74, 6) is -6.05. The number of hydrazine groups is 1. The highest BCUT2D eigenvalue weighted by Crippen LogP contribution is 2.12. The van der Waals surface area contributed by atoms with Crippen molar-refractivity contribution in [3.63, 3.8) is 0 Å². The minimum Gasteiger partial charge on any atom is -0.508 e. The zero-order valence-corrected chi connectivity index (χ0v) is 29.8. The summed E-state index contributed by atoms with van der Waals surface area (Å²) in [5, 5.41) is 43.4. The van der Waals surface area contributed by atoms with E-state index in [0.717, 1.165) is 0 Å². The number of unbranched alkanes of at least 4 members (excludes halogenated alkanes) is 1. The van der Waals surface area contributed by atoms with Gasteiger partial charge in [0.25, 0.3) is 0 Å². The molecule has 6 amide bonds. The van der Waals surface area contributed by atoms with Gasteiger partial charge in [0.1, 0.15) is 29.9 Å². The van der Waals surface area contributed by atoms with Gasteiger partial charge in [-0.15, -0.1) is 5.43 Å². The molecule has 0 spiro atoms. The molecule has 5 atom stereocenters. The second-order valence-electron chi connectivity index (χ2n) is 12.3. The Labute approximate surface area is 310 Å². The van der Waals surface area contributed by atoms with Gasteiger partial charge in [0.2, 0.25) is 35.4 Å². The van der Waals surface area contributed by atoms with E-state index in [1.165, 1.54) is 38.1 Å². The highest BCUT2D eigenvalue weighted by molar-refractivity contribution is 5.95. The van der Waals surface area contributed by atoms with E-state index in [1.54, 1.807) is 30.3 Å². The third-order valence-corrected chi connectivity index (χ3v) is 7.82. The molecule has 0 heterocycles. The number of hydrogen-bond donors (Lipinski definition) is 10. The number of rotatable bonds is 23. The molecular weight excluding hydrogens is 710 g/mol. The van der Waals surface area contributed by atoms with E-state index in [0.29, 0.717) is 30.5 Å². The summed E-state index contributed by atoms with van der Waals surface area (Å²) in [6.07, 6.45) is 1.05. The number of nitrogens with two attached hydrogens (primary N) is 1. The molecule has 2 rings (SSSR count). The quantitative estimate of drug-likeness (QED) is 0.0326. The Kier molecular flexibility index (Phi) is 18.3. The second-order valence-corrected chi connectivity index (χ2v) is 12.3. The van der Waals surface area contributed by atoms with E-state index >= 15 is 0 Å². The molecule has 294 valence electrons. The van der Waals surface area contributed by atoms with Crippen LogP contribution in [0.15, 0.2) is 54.6 Å². The molecule has 0 aliphatic heterocycles. The van der Waals surface area contributed by atoms with Crippen molar-refractivity contribution >= 4 is 41.4 Å². The lowest BCUT2D eigenvalue weighted by atomic mass is 10.0. The van der Waals surface area contributed by atoms with Gasteiger partial charge in [-0.25, -0.2) is 14.9 Å². The molecule has 0 radical (unpaired) electrons. The summed E-state index contributed by atoms with van der Waals surface area (Å²) >= 11 is 0. The fraction of sp³-hybridized carbons (Fsp3) is 0.441. The highest BCUT2D eigenvalue weighted by Gasteiger charge is 2.28. The van der Waals surface area contributed by atoms with E-state index in [1.807, 2.05) is 5.43 Å². The van der Waals surface area contributed by atoms with Crippen molar-refractivity contribution in [2.24, 2.45) is 5.73 Å². The molecule has 54 heavy (non-hydrogen) atoms. The van der Waals surface area contributed by atoms with Gasteiger partial charge in [-0.3, -0.25) is 28.8 Å². The van der Waals surface area contributed by atoms with E-state index < -0.39 is 89.7 Å². The Balaban J connectivity index is 1.88. The molecule has 0 fully saturated rings. The topological polar surface area (TPSA) is 313 Å². The van der Waals surface area contributed by atoms with Gasteiger partial charge in [-0.05, 0) is 62.9 Å². The number of carbonyl (C=O) groups is 7. The summed E-state index contributed by atoms with van der Waals surface area (Å²) in [6, 6.07) is 8.16. The van der Waals surface area contributed by atoms with E-state index in [-0.39, 0.29) is 25.0 Å². The summed E-state index contributed by atoms with van der Waals surface area (Å²) < 4.78 is 0. The van der Waals surface area contributed by atoms with E-state index in [9.17, 15) is 53.9 Å². The number of nitro groups is 1. The number of phenols is 1. The van der Waals surface area contributed by atoms with Crippen molar-refractivity contribution in [2.45, 2.75) is 76.2 Å². The molecule has 0 unspecified atom stereocenters. The lowest BCUT2D eigenvalue weighted by Crippen LogP contribution is -2.55. The van der Waals surface area contributed by atoms with Crippen LogP contribution in [0.1, 0.15) is 44.2 Å². The van der Waals surface area contributed by atoms with E-state index in [2.05, 4.69) is 31.9 Å². The molecule has 0 bridgehead atoms. The van der Waals surface area contributed by atoms with Gasteiger partial charge in [0.05, 0.1) is 13.1 Å². The number of carboxylic acid groups (broad SMARTS) is 1. The summed E-state index contributed by atoms with van der Waals surface area (Å²) in [6.45, 7) is 1.75. The number of phenolic OH excluding ortho intramolecular Hbond substituents is 1. The van der Waals surface area contributed by atoms with Crippen LogP contribution in [0.4, 0.5) is 0 Å². The van der Waals surface area contributed by atoms with Crippen molar-refractivity contribution in [3.05, 3.63) is 75.8 Å². The lowest BCUT2D eigenvalue weighted by molar-refractivity contribution is -0.548. The number of aliphatic carboxylic acids is 1. The number of nitrogens with one attached hydrogen (secondary N) is 7. The third-order valence-electron chi connectivity index (χ3n) is 7.82. The Morgan fingerprint density at radius 2 is 1.24 bits per heavy atom. The normalized spacial score (nSPS) is 13.4. The van der Waals surface area contributed by atoms with Crippen LogP contribution in [0.2, 0.25) is 0 Å². The highest BCUT2D eigenvalue weighted by atomic mass is 16.7. The Morgan fingerprint density at radius 1 is 0.685 bits per heavy atom. The average molecular weight is 758 g/mol. The predicted molar refractivity (Wildman–Crippen MR) is 192 cm³/mol. The van der Waals surface area contributed by atoms with Crippen LogP contribution in [0.3, 0.4) is 0 Å². The minimum atomic E-state index is -1.37. The van der Waals surface area contributed by atoms with Crippen molar-refractivity contribution in [3.8, 4) is 5.75 Å². The summed E-state index contributed by atoms with van der Waals surface area (Å²) in [4.78, 5) is 99.1. The van der Waals surface area contributed by atoms with Crippen LogP contribution < -0.4 is 43.1 Å². The third kappa shape index (κ3) is 16.4. The number of carboxylic acids is 1. The maximum absolute atomic E-state index is 13.1. The van der Waals surface area contributed by atoms with Crippen molar-refractivity contribution in [2.75, 3.05) is 19.6 Å². The maximum Gasteiger partial charge on any atom is 0.326 e. The first-order valence-corrected chi connectivity index (χ1v) is 17.0. The standard InChI is InChI=1S/C34H47N9O11/c1-20(39-31(48)21(2)38-28(45)18-37-32(49)27(42-43(53)54)17-23-11-13-24(44)14-12-23)30(47)36-19-29(46)40-26(16-22-8-4-3-5-9-22)33(50)41-25(34(51)52)10-6-7-15-35/h3-5,8-9,11-14,20-21,25-27,42,44H,6-7,10,15-19,35H2,1-2H3,(H,36,47)(H,37,49)(H,38,45)(H,39,48)(H,40,46)(H,41,50)(H,51,52)/t20-,21-,25-,26-,27-/m0/s1. The maximum atomic E-state index is 13.1. The number of aromatic hydroxyl groups is 1. The SMILES string of the molecule is C[C@H](NC(=O)CNC(=O)[C@H](Cc1ccc(O)cc1)N[N+](=O)[O-])C(=O)N[C@@H](C)C(=O)NCC(=O)N[C@@H](Cc1ccccc1)C(=O)N[C@@H](CCCCN)C(=O)O. The second kappa shape index (κ2) is 22.6. The van der Waals surface area contributed by atoms with Crippen LogP contribution >= 0.6 is 0 Å². The first-order chi connectivity index (χ1) is 25.6. The smallest absolute Gasteiger partial charge is 0.326 e. The van der Waals surface area contributed by atoms with Gasteiger partial charge >= 0.3 is 5.97 Å². The Hall–Kier alpha value is -6.31. The molecule has 0 saturated carbocycles. The molecule has 20 heteroatoms. The number of amides is 6. The van der Waals surface area contributed by atoms with Gasteiger partial charge in [0.15, 0.2) is 11.1 Å². The van der Waals surface area contributed by atoms with Gasteiger partial charge in [-0.1, -0.05) is 42.5 Å². The van der Waals surface area contributed by atoms with Crippen molar-refractivity contribution in [1.82, 2.24) is 37.3 Å². The Morgan fingerprint density at radius 3 is 1.83 bits per heavy atom. The monoisotopic (exact) mass is 757 g/mol. The average Bonchev–Trinajstić information content (AvgIpc) is 3.12. The van der Waals surface area contributed by atoms with Crippen molar-refractivity contribution < 1.29 is 48.8 Å². The Bertz CT molecular complexity index is 1610. The number of hydrogen-bond acceptors (Lipinski definition) is 11. The predicted octanol–water partition coefficient (Wildman–Crippen LogP) is -2.25. The largest absolute Gasteiger partial charge is 0.508 e. The molecular formula is C34H47N9O11. The van der Waals surface area contributed by atoms with Crippen molar-refractivity contribution in [1.29, 1.82) is 0 Å². The zero-order valence-electron chi connectivity index (χ0n) is 29.8. The molecule has 20 nitrogen and oxygen atoms in total. The van der Waals surface area contributed by atoms with Gasteiger partial charge in [-0.2, -0.15) is 0 Å².